The van der Waals surface area contributed by atoms with Crippen LogP contribution in [0.4, 0.5) is 5.69 Å². The van der Waals surface area contributed by atoms with Crippen molar-refractivity contribution in [2.45, 2.75) is 13.5 Å². The van der Waals surface area contributed by atoms with Crippen LogP contribution in [-0.4, -0.2) is 24.6 Å². The van der Waals surface area contributed by atoms with E-state index in [4.69, 9.17) is 44.3 Å². The quantitative estimate of drug-likeness (QED) is 0.226. The minimum absolute atomic E-state index is 0.217. The summed E-state index contributed by atoms with van der Waals surface area (Å²) in [4.78, 5) is 24.1. The van der Waals surface area contributed by atoms with E-state index in [1.807, 2.05) is 19.1 Å². The number of benzene rings is 3. The third-order valence-electron chi connectivity index (χ3n) is 4.34. The topological polar surface area (TPSA) is 89.0 Å². The molecule has 2 amide bonds. The summed E-state index contributed by atoms with van der Waals surface area (Å²) in [5, 5.41) is 7.47. The number of ether oxygens (including phenoxy) is 2. The zero-order valence-electron chi connectivity index (χ0n) is 18.0. The summed E-state index contributed by atoms with van der Waals surface area (Å²) in [6.45, 7) is 2.63. The molecule has 0 saturated carbocycles. The number of nitrogens with zero attached hydrogens (tertiary/aromatic N) is 1. The molecule has 0 atom stereocenters. The first-order valence-corrected chi connectivity index (χ1v) is 11.2. The van der Waals surface area contributed by atoms with Crippen LogP contribution in [0.1, 0.15) is 18.1 Å². The van der Waals surface area contributed by atoms with Gasteiger partial charge in [0.05, 0.1) is 23.5 Å². The number of carbonyl (C=O) groups excluding carboxylic acids is 2. The molecule has 2 N–H and O–H groups in total. The fourth-order valence-corrected chi connectivity index (χ4v) is 3.19. The van der Waals surface area contributed by atoms with E-state index in [0.29, 0.717) is 40.3 Å². The molecule has 3 aromatic rings. The van der Waals surface area contributed by atoms with Gasteiger partial charge in [-0.3, -0.25) is 9.59 Å². The first-order chi connectivity index (χ1) is 16.4. The van der Waals surface area contributed by atoms with E-state index < -0.39 is 11.8 Å². The average Bonchev–Trinajstić information content (AvgIpc) is 2.82. The molecule has 0 unspecified atom stereocenters. The molecular weight excluding hydrogens is 501 g/mol. The number of hydrogen-bond donors (Lipinski definition) is 2. The second kappa shape index (κ2) is 12.3. The Labute approximate surface area is 211 Å². The van der Waals surface area contributed by atoms with Crippen LogP contribution in [0.2, 0.25) is 15.1 Å². The van der Waals surface area contributed by atoms with Crippen LogP contribution < -0.4 is 20.2 Å². The van der Waals surface area contributed by atoms with Gasteiger partial charge in [-0.25, -0.2) is 5.43 Å². The van der Waals surface area contributed by atoms with Crippen molar-refractivity contribution in [3.05, 3.63) is 86.9 Å². The van der Waals surface area contributed by atoms with E-state index in [9.17, 15) is 9.59 Å². The average molecular weight is 521 g/mol. The van der Waals surface area contributed by atoms with E-state index in [1.165, 1.54) is 18.3 Å². The number of halogens is 3. The number of hydrogen-bond acceptors (Lipinski definition) is 5. The summed E-state index contributed by atoms with van der Waals surface area (Å²) in [6.07, 6.45) is 1.38. The number of nitrogens with one attached hydrogen (secondary N) is 2. The normalized spacial score (nSPS) is 10.7. The third kappa shape index (κ3) is 7.38. The van der Waals surface area contributed by atoms with Gasteiger partial charge in [0, 0.05) is 10.0 Å². The Morgan fingerprint density at radius 2 is 1.62 bits per heavy atom. The van der Waals surface area contributed by atoms with E-state index in [2.05, 4.69) is 15.8 Å². The molecule has 0 spiro atoms. The van der Waals surface area contributed by atoms with Crippen molar-refractivity contribution in [3.63, 3.8) is 0 Å². The van der Waals surface area contributed by atoms with E-state index in [0.717, 1.165) is 5.56 Å². The first kappa shape index (κ1) is 25.4. The first-order valence-electron chi connectivity index (χ1n) is 10.1. The molecule has 0 saturated heterocycles. The molecule has 34 heavy (non-hydrogen) atoms. The van der Waals surface area contributed by atoms with Crippen LogP contribution in [0.3, 0.4) is 0 Å². The zero-order valence-corrected chi connectivity index (χ0v) is 20.2. The van der Waals surface area contributed by atoms with Gasteiger partial charge in [0.2, 0.25) is 0 Å². The lowest BCUT2D eigenvalue weighted by atomic mass is 10.2. The third-order valence-corrected chi connectivity index (χ3v) is 5.15. The second-order valence-corrected chi connectivity index (χ2v) is 8.11. The maximum Gasteiger partial charge on any atom is 0.329 e. The number of anilines is 1. The number of amides is 2. The lowest BCUT2D eigenvalue weighted by Gasteiger charge is -2.12. The van der Waals surface area contributed by atoms with Crippen molar-refractivity contribution in [1.82, 2.24) is 5.43 Å². The van der Waals surface area contributed by atoms with Crippen LogP contribution in [-0.2, 0) is 16.2 Å². The molecule has 10 heteroatoms. The SMILES string of the molecule is CCOc1cc(C=NNC(=O)C(=O)Nc2cc(Cl)ccc2Cl)ccc1OCc1ccc(Cl)cc1. The van der Waals surface area contributed by atoms with Gasteiger partial charge in [-0.05, 0) is 66.6 Å². The molecule has 0 aliphatic heterocycles. The van der Waals surface area contributed by atoms with Gasteiger partial charge in [0.1, 0.15) is 6.61 Å². The number of rotatable bonds is 8. The van der Waals surface area contributed by atoms with E-state index in [-0.39, 0.29) is 10.7 Å². The Morgan fingerprint density at radius 1 is 0.882 bits per heavy atom. The highest BCUT2D eigenvalue weighted by Gasteiger charge is 2.15. The molecule has 3 rings (SSSR count). The fraction of sp³-hybridized carbons (Fsp3) is 0.125. The van der Waals surface area contributed by atoms with Crippen LogP contribution in [0.15, 0.2) is 65.8 Å². The summed E-state index contributed by atoms with van der Waals surface area (Å²) in [5.41, 5.74) is 3.96. The summed E-state index contributed by atoms with van der Waals surface area (Å²) in [5.74, 6) is -0.849. The molecule has 0 aliphatic rings. The standard InChI is InChI=1S/C24H20Cl3N3O4/c1-2-33-22-11-16(5-10-21(22)34-14-15-3-6-17(25)7-4-15)13-28-30-24(32)23(31)29-20-12-18(26)8-9-19(20)27/h3-13H,2,14H2,1H3,(H,29,31)(H,30,32). The molecule has 3 aromatic carbocycles. The monoisotopic (exact) mass is 519 g/mol. The summed E-state index contributed by atoms with van der Waals surface area (Å²) >= 11 is 17.8. The Morgan fingerprint density at radius 3 is 2.35 bits per heavy atom. The fourth-order valence-electron chi connectivity index (χ4n) is 2.72. The van der Waals surface area contributed by atoms with Crippen LogP contribution >= 0.6 is 34.8 Å². The minimum Gasteiger partial charge on any atom is -0.490 e. The Balaban J connectivity index is 1.60. The summed E-state index contributed by atoms with van der Waals surface area (Å²) < 4.78 is 11.5. The van der Waals surface area contributed by atoms with Crippen LogP contribution in [0, 0.1) is 0 Å². The molecule has 0 fully saturated rings. The van der Waals surface area contributed by atoms with E-state index >= 15 is 0 Å². The lowest BCUT2D eigenvalue weighted by molar-refractivity contribution is -0.136. The predicted molar refractivity (Wildman–Crippen MR) is 134 cm³/mol. The lowest BCUT2D eigenvalue weighted by Crippen LogP contribution is -2.32. The van der Waals surface area contributed by atoms with Crippen molar-refractivity contribution < 1.29 is 19.1 Å². The van der Waals surface area contributed by atoms with Gasteiger partial charge in [0.15, 0.2) is 11.5 Å². The van der Waals surface area contributed by atoms with Gasteiger partial charge in [-0.1, -0.05) is 46.9 Å². The Bertz CT molecular complexity index is 1200. The van der Waals surface area contributed by atoms with Gasteiger partial charge in [-0.2, -0.15) is 5.10 Å². The van der Waals surface area contributed by atoms with Crippen LogP contribution in [0.25, 0.3) is 0 Å². The highest BCUT2D eigenvalue weighted by molar-refractivity contribution is 6.42. The largest absolute Gasteiger partial charge is 0.490 e. The number of hydrazone groups is 1. The molecular formula is C24H20Cl3N3O4. The maximum absolute atomic E-state index is 12.1. The van der Waals surface area contributed by atoms with Gasteiger partial charge >= 0.3 is 11.8 Å². The second-order valence-electron chi connectivity index (χ2n) is 6.83. The predicted octanol–water partition coefficient (Wildman–Crippen LogP) is 5.71. The van der Waals surface area contributed by atoms with Gasteiger partial charge in [0.25, 0.3) is 0 Å². The van der Waals surface area contributed by atoms with Crippen molar-refractivity contribution in [2.24, 2.45) is 5.10 Å². The van der Waals surface area contributed by atoms with Crippen molar-refractivity contribution in [1.29, 1.82) is 0 Å². The minimum atomic E-state index is -0.972. The maximum atomic E-state index is 12.1. The molecule has 7 nitrogen and oxygen atoms in total. The van der Waals surface area contributed by atoms with Gasteiger partial charge < -0.3 is 14.8 Å². The number of carbonyl (C=O) groups is 2. The molecule has 0 aliphatic carbocycles. The van der Waals surface area contributed by atoms with Crippen molar-refractivity contribution in [3.8, 4) is 11.5 Å². The molecule has 0 radical (unpaired) electrons. The van der Waals surface area contributed by atoms with Crippen molar-refractivity contribution in [2.75, 3.05) is 11.9 Å². The van der Waals surface area contributed by atoms with Crippen LogP contribution in [0.5, 0.6) is 11.5 Å². The van der Waals surface area contributed by atoms with E-state index in [1.54, 1.807) is 36.4 Å². The molecule has 0 bridgehead atoms. The summed E-state index contributed by atoms with van der Waals surface area (Å²) in [6, 6.07) is 17.0. The highest BCUT2D eigenvalue weighted by atomic mass is 35.5. The smallest absolute Gasteiger partial charge is 0.329 e. The zero-order chi connectivity index (χ0) is 24.5. The van der Waals surface area contributed by atoms with Crippen molar-refractivity contribution >= 4 is 58.5 Å². The van der Waals surface area contributed by atoms with Gasteiger partial charge in [-0.15, -0.1) is 0 Å². The Hall–Kier alpha value is -3.26. The summed E-state index contributed by atoms with van der Waals surface area (Å²) in [7, 11) is 0. The molecule has 0 heterocycles. The molecule has 0 aromatic heterocycles. The Kier molecular flexibility index (Phi) is 9.16. The highest BCUT2D eigenvalue weighted by Crippen LogP contribution is 2.29. The molecule has 176 valence electrons.